The number of fused-ring (bicyclic) bond motifs is 5. The van der Waals surface area contributed by atoms with Crippen LogP contribution in [0.1, 0.15) is 26.3 Å². The van der Waals surface area contributed by atoms with E-state index in [1.807, 2.05) is 6.07 Å². The number of alkyl halides is 3. The summed E-state index contributed by atoms with van der Waals surface area (Å²) in [7, 11) is 0. The minimum atomic E-state index is -4.76. The van der Waals surface area contributed by atoms with Gasteiger partial charge in [0.15, 0.2) is 0 Å². The Balaban J connectivity index is 1.46. The summed E-state index contributed by atoms with van der Waals surface area (Å²) in [5.74, 6) is -0.247. The molecule has 0 saturated carbocycles. The van der Waals surface area contributed by atoms with E-state index in [-0.39, 0.29) is 11.2 Å². The Bertz CT molecular complexity index is 2520. The third kappa shape index (κ3) is 5.57. The Morgan fingerprint density at radius 1 is 0.429 bits per heavy atom. The summed E-state index contributed by atoms with van der Waals surface area (Å²) < 4.78 is 43.4. The predicted octanol–water partition coefficient (Wildman–Crippen LogP) is 13.5. The van der Waals surface area contributed by atoms with E-state index in [1.54, 1.807) is 12.1 Å². The second-order valence-corrected chi connectivity index (χ2v) is 13.6. The molecule has 0 fully saturated rings. The van der Waals surface area contributed by atoms with Crippen LogP contribution >= 0.6 is 0 Å². The van der Waals surface area contributed by atoms with Gasteiger partial charge in [-0.2, -0.15) is 0 Å². The SMILES string of the molecule is CC(C)(C)c1ccc(-c2ccc3c(-c4cc5ccccc5c5ccccc45)c4ccccc4c(-c4ccc(OC(F)(F)F)cc4)c3c2)cc1. The summed E-state index contributed by atoms with van der Waals surface area (Å²) in [5.41, 5.74) is 7.50. The van der Waals surface area contributed by atoms with Gasteiger partial charge >= 0.3 is 6.36 Å². The number of benzene rings is 8. The van der Waals surface area contributed by atoms with Crippen LogP contribution in [0.3, 0.4) is 0 Å². The highest BCUT2D eigenvalue weighted by Crippen LogP contribution is 2.47. The number of hydrogen-bond acceptors (Lipinski definition) is 1. The van der Waals surface area contributed by atoms with Gasteiger partial charge in [-0.3, -0.25) is 0 Å². The molecule has 8 rings (SSSR count). The Kier molecular flexibility index (Phi) is 7.22. The van der Waals surface area contributed by atoms with Gasteiger partial charge in [0.25, 0.3) is 0 Å². The van der Waals surface area contributed by atoms with E-state index >= 15 is 0 Å². The molecule has 0 unspecified atom stereocenters. The van der Waals surface area contributed by atoms with Crippen molar-refractivity contribution in [3.63, 3.8) is 0 Å². The molecule has 0 amide bonds. The van der Waals surface area contributed by atoms with Crippen molar-refractivity contribution < 1.29 is 17.9 Å². The standard InChI is InChI=1S/C45H33F3O/c1-44(2,3)32-21-16-28(17-22-32)30-20-25-39-41(26-30)42(29-18-23-33(24-19-29)49-45(46,47)48)37-14-8-9-15-38(37)43(39)40-27-31-10-4-5-11-34(31)35-12-6-7-13-36(35)40/h4-27H,1-3H3. The van der Waals surface area contributed by atoms with Gasteiger partial charge in [-0.25, -0.2) is 0 Å². The van der Waals surface area contributed by atoms with Crippen molar-refractivity contribution in [2.75, 3.05) is 0 Å². The fraction of sp³-hybridized carbons (Fsp3) is 0.111. The average Bonchev–Trinajstić information content (AvgIpc) is 3.09. The Labute approximate surface area is 283 Å². The molecule has 0 N–H and O–H groups in total. The van der Waals surface area contributed by atoms with Gasteiger partial charge < -0.3 is 4.74 Å². The van der Waals surface area contributed by atoms with E-state index < -0.39 is 6.36 Å². The molecule has 4 heteroatoms. The van der Waals surface area contributed by atoms with Crippen molar-refractivity contribution in [1.29, 1.82) is 0 Å². The topological polar surface area (TPSA) is 9.23 Å². The predicted molar refractivity (Wildman–Crippen MR) is 198 cm³/mol. The second kappa shape index (κ2) is 11.5. The summed E-state index contributed by atoms with van der Waals surface area (Å²) in [4.78, 5) is 0. The van der Waals surface area contributed by atoms with Crippen LogP contribution in [0.4, 0.5) is 13.2 Å². The summed E-state index contributed by atoms with van der Waals surface area (Å²) >= 11 is 0. The maximum atomic E-state index is 13.1. The van der Waals surface area contributed by atoms with E-state index in [2.05, 4.69) is 141 Å². The molecule has 240 valence electrons. The highest BCUT2D eigenvalue weighted by molar-refractivity contribution is 6.26. The zero-order valence-electron chi connectivity index (χ0n) is 27.4. The first-order chi connectivity index (χ1) is 23.5. The van der Waals surface area contributed by atoms with Gasteiger partial charge in [-0.15, -0.1) is 13.2 Å². The zero-order chi connectivity index (χ0) is 33.9. The van der Waals surface area contributed by atoms with Crippen molar-refractivity contribution in [2.45, 2.75) is 32.5 Å². The van der Waals surface area contributed by atoms with Crippen molar-refractivity contribution in [3.8, 4) is 39.1 Å². The van der Waals surface area contributed by atoms with E-state index in [1.165, 1.54) is 28.5 Å². The van der Waals surface area contributed by atoms with E-state index in [0.717, 1.165) is 65.7 Å². The number of rotatable bonds is 4. The molecule has 0 spiro atoms. The van der Waals surface area contributed by atoms with Gasteiger partial charge in [0.2, 0.25) is 0 Å². The monoisotopic (exact) mass is 646 g/mol. The molecule has 1 nitrogen and oxygen atoms in total. The number of halogens is 3. The van der Waals surface area contributed by atoms with E-state index in [0.29, 0.717) is 0 Å². The Morgan fingerprint density at radius 3 is 1.61 bits per heavy atom. The Morgan fingerprint density at radius 2 is 0.959 bits per heavy atom. The first-order valence-corrected chi connectivity index (χ1v) is 16.4. The minimum absolute atomic E-state index is 0.0352. The highest BCUT2D eigenvalue weighted by atomic mass is 19.4. The molecule has 0 atom stereocenters. The molecule has 8 aromatic carbocycles. The third-order valence-electron chi connectivity index (χ3n) is 9.52. The summed E-state index contributed by atoms with van der Waals surface area (Å²) in [6, 6.07) is 49.2. The lowest BCUT2D eigenvalue weighted by molar-refractivity contribution is -0.274. The molecule has 0 aliphatic heterocycles. The van der Waals surface area contributed by atoms with Crippen molar-refractivity contribution in [2.24, 2.45) is 0 Å². The largest absolute Gasteiger partial charge is 0.573 e. The van der Waals surface area contributed by atoms with Crippen LogP contribution in [-0.2, 0) is 5.41 Å². The summed E-state index contributed by atoms with van der Waals surface area (Å²) in [5, 5.41) is 8.90. The van der Waals surface area contributed by atoms with Crippen LogP contribution in [0.15, 0.2) is 146 Å². The molecule has 0 radical (unpaired) electrons. The molecule has 0 heterocycles. The van der Waals surface area contributed by atoms with Crippen LogP contribution in [-0.4, -0.2) is 6.36 Å². The normalized spacial score (nSPS) is 12.3. The first-order valence-electron chi connectivity index (χ1n) is 16.4. The van der Waals surface area contributed by atoms with Gasteiger partial charge in [-0.05, 0) is 112 Å². The Hall–Kier alpha value is -5.61. The van der Waals surface area contributed by atoms with Crippen molar-refractivity contribution >= 4 is 43.1 Å². The van der Waals surface area contributed by atoms with Gasteiger partial charge in [0.1, 0.15) is 5.75 Å². The molecule has 0 aromatic heterocycles. The minimum Gasteiger partial charge on any atom is -0.406 e. The summed E-state index contributed by atoms with van der Waals surface area (Å²) in [6.07, 6.45) is -4.76. The lowest BCUT2D eigenvalue weighted by Gasteiger charge is -2.21. The van der Waals surface area contributed by atoms with Crippen molar-refractivity contribution in [1.82, 2.24) is 0 Å². The number of hydrogen-bond donors (Lipinski definition) is 0. The van der Waals surface area contributed by atoms with E-state index in [4.69, 9.17) is 0 Å². The maximum Gasteiger partial charge on any atom is 0.573 e. The zero-order valence-corrected chi connectivity index (χ0v) is 27.4. The molecular weight excluding hydrogens is 613 g/mol. The average molecular weight is 647 g/mol. The lowest BCUT2D eigenvalue weighted by Crippen LogP contribution is -2.16. The van der Waals surface area contributed by atoms with Crippen LogP contribution < -0.4 is 4.74 Å². The fourth-order valence-electron chi connectivity index (χ4n) is 7.21. The molecule has 49 heavy (non-hydrogen) atoms. The molecule has 8 aromatic rings. The van der Waals surface area contributed by atoms with Crippen LogP contribution in [0.5, 0.6) is 5.75 Å². The molecule has 0 bridgehead atoms. The quantitative estimate of drug-likeness (QED) is 0.137. The van der Waals surface area contributed by atoms with Crippen LogP contribution in [0.2, 0.25) is 0 Å². The highest BCUT2D eigenvalue weighted by Gasteiger charge is 2.31. The first kappa shape index (κ1) is 30.7. The lowest BCUT2D eigenvalue weighted by atomic mass is 9.82. The maximum absolute atomic E-state index is 13.1. The number of ether oxygens (including phenoxy) is 1. The molecule has 0 saturated heterocycles. The summed E-state index contributed by atoms with van der Waals surface area (Å²) in [6.45, 7) is 6.62. The van der Waals surface area contributed by atoms with Gasteiger partial charge in [0, 0.05) is 0 Å². The molecular formula is C45H33F3O. The van der Waals surface area contributed by atoms with E-state index in [9.17, 15) is 13.2 Å². The third-order valence-corrected chi connectivity index (χ3v) is 9.52. The fourth-order valence-corrected chi connectivity index (χ4v) is 7.21. The van der Waals surface area contributed by atoms with Gasteiger partial charge in [0.05, 0.1) is 0 Å². The van der Waals surface area contributed by atoms with Gasteiger partial charge in [-0.1, -0.05) is 142 Å². The molecule has 0 aliphatic rings. The van der Waals surface area contributed by atoms with Crippen molar-refractivity contribution in [3.05, 3.63) is 151 Å². The molecule has 0 aliphatic carbocycles. The second-order valence-electron chi connectivity index (χ2n) is 13.6. The smallest absolute Gasteiger partial charge is 0.406 e. The van der Waals surface area contributed by atoms with Crippen LogP contribution in [0, 0.1) is 0 Å². The van der Waals surface area contributed by atoms with Crippen LogP contribution in [0.25, 0.3) is 76.5 Å².